The average Bonchev–Trinajstić information content (AvgIpc) is 2.79. The molecule has 190 valence electrons. The van der Waals surface area contributed by atoms with Gasteiger partial charge >= 0.3 is 18.2 Å². The van der Waals surface area contributed by atoms with E-state index in [1.165, 1.54) is 31.2 Å². The molecule has 36 heavy (non-hydrogen) atoms. The van der Waals surface area contributed by atoms with Gasteiger partial charge in [0.15, 0.2) is 0 Å². The Balaban J connectivity index is 2.17. The first-order valence-corrected chi connectivity index (χ1v) is 11.1. The molecule has 0 radical (unpaired) electrons. The van der Waals surface area contributed by atoms with E-state index < -0.39 is 48.5 Å². The zero-order valence-corrected chi connectivity index (χ0v) is 20.3. The maximum absolute atomic E-state index is 13.8. The molecule has 1 atom stereocenters. The van der Waals surface area contributed by atoms with Gasteiger partial charge in [-0.05, 0) is 63.6 Å². The van der Waals surface area contributed by atoms with Gasteiger partial charge in [-0.1, -0.05) is 18.2 Å². The number of halogens is 3. The van der Waals surface area contributed by atoms with Crippen molar-refractivity contribution in [2.24, 2.45) is 0 Å². The quantitative estimate of drug-likeness (QED) is 0.571. The Morgan fingerprint density at radius 3 is 2.31 bits per heavy atom. The van der Waals surface area contributed by atoms with Crippen LogP contribution in [-0.4, -0.2) is 40.8 Å². The summed E-state index contributed by atoms with van der Waals surface area (Å²) in [5.74, 6) is -0.727. The monoisotopic (exact) mass is 501 g/mol. The number of rotatable bonds is 5. The fourth-order valence-electron chi connectivity index (χ4n) is 4.03. The third kappa shape index (κ3) is 5.69. The number of anilines is 1. The van der Waals surface area contributed by atoms with Crippen molar-refractivity contribution in [2.45, 2.75) is 45.5 Å². The molecule has 1 N–H and O–H groups in total. The summed E-state index contributed by atoms with van der Waals surface area (Å²) < 4.78 is 45.5. The van der Waals surface area contributed by atoms with E-state index in [1.54, 1.807) is 32.9 Å². The van der Waals surface area contributed by atoms with Crippen LogP contribution in [0, 0.1) is 11.3 Å². The van der Waals surface area contributed by atoms with Crippen LogP contribution >= 0.6 is 0 Å². The molecule has 7 nitrogen and oxygen atoms in total. The number of carbonyl (C=O) groups is 2. The van der Waals surface area contributed by atoms with Gasteiger partial charge in [-0.3, -0.25) is 9.69 Å². The van der Waals surface area contributed by atoms with Crippen LogP contribution in [0.3, 0.4) is 0 Å². The molecule has 2 aromatic carbocycles. The summed E-state index contributed by atoms with van der Waals surface area (Å²) in [4.78, 5) is 28.7. The number of aliphatic hydroxyl groups is 1. The smallest absolute Gasteiger partial charge is 0.416 e. The lowest BCUT2D eigenvalue weighted by molar-refractivity contribution is -0.155. The maximum Gasteiger partial charge on any atom is 0.416 e. The molecule has 3 rings (SSSR count). The van der Waals surface area contributed by atoms with Crippen LogP contribution in [0.4, 0.5) is 23.7 Å². The second kappa shape index (κ2) is 10.0. The van der Waals surface area contributed by atoms with Gasteiger partial charge in [0, 0.05) is 11.3 Å². The number of alkyl halides is 3. The third-order valence-corrected chi connectivity index (χ3v) is 5.56. The fraction of sp³-hybridized carbons (Fsp3) is 0.346. The zero-order valence-electron chi connectivity index (χ0n) is 20.3. The summed E-state index contributed by atoms with van der Waals surface area (Å²) in [6.07, 6.45) is -4.63. The van der Waals surface area contributed by atoms with Crippen molar-refractivity contribution >= 4 is 17.7 Å². The summed E-state index contributed by atoms with van der Waals surface area (Å²) in [5, 5.41) is 19.4. The normalized spacial score (nSPS) is 16.8. The van der Waals surface area contributed by atoms with Crippen LogP contribution in [0.25, 0.3) is 0 Å². The highest BCUT2D eigenvalue weighted by atomic mass is 19.4. The average molecular weight is 502 g/mol. The number of amides is 2. The fourth-order valence-corrected chi connectivity index (χ4v) is 4.03. The van der Waals surface area contributed by atoms with Crippen molar-refractivity contribution in [3.8, 4) is 6.07 Å². The first-order valence-electron chi connectivity index (χ1n) is 11.1. The topological polar surface area (TPSA) is 93.9 Å². The van der Waals surface area contributed by atoms with Crippen LogP contribution in [-0.2, 0) is 15.7 Å². The predicted octanol–water partition coefficient (Wildman–Crippen LogP) is 5.17. The summed E-state index contributed by atoms with van der Waals surface area (Å²) in [5.41, 5.74) is -0.428. The molecule has 0 bridgehead atoms. The molecule has 1 unspecified atom stereocenters. The Morgan fingerprint density at radius 2 is 1.78 bits per heavy atom. The highest BCUT2D eigenvalue weighted by Gasteiger charge is 2.41. The highest BCUT2D eigenvalue weighted by Crippen LogP contribution is 2.40. The Morgan fingerprint density at radius 1 is 1.14 bits per heavy atom. The molecule has 0 fully saturated rings. The van der Waals surface area contributed by atoms with Crippen molar-refractivity contribution in [3.63, 3.8) is 0 Å². The number of ether oxygens (including phenoxy) is 1. The van der Waals surface area contributed by atoms with Crippen LogP contribution in [0.1, 0.15) is 50.4 Å². The van der Waals surface area contributed by atoms with Crippen molar-refractivity contribution in [1.82, 2.24) is 4.90 Å². The van der Waals surface area contributed by atoms with Gasteiger partial charge in [0.25, 0.3) is 0 Å². The molecular weight excluding hydrogens is 475 g/mol. The molecule has 1 aliphatic heterocycles. The van der Waals surface area contributed by atoms with Gasteiger partial charge in [0.05, 0.1) is 35.5 Å². The van der Waals surface area contributed by atoms with Crippen LogP contribution in [0.15, 0.2) is 59.8 Å². The molecule has 0 aromatic heterocycles. The summed E-state index contributed by atoms with van der Waals surface area (Å²) in [6, 6.07) is 10.9. The molecular formula is C26H26F3N3O4. The lowest BCUT2D eigenvalue weighted by Crippen LogP contribution is -2.52. The van der Waals surface area contributed by atoms with E-state index in [2.05, 4.69) is 0 Å². The van der Waals surface area contributed by atoms with Crippen molar-refractivity contribution in [3.05, 3.63) is 76.5 Å². The molecule has 2 amide bonds. The number of nitriles is 1. The van der Waals surface area contributed by atoms with E-state index in [4.69, 9.17) is 10.00 Å². The summed E-state index contributed by atoms with van der Waals surface area (Å²) in [6.45, 7) is 5.46. The predicted molar refractivity (Wildman–Crippen MR) is 126 cm³/mol. The van der Waals surface area contributed by atoms with Crippen molar-refractivity contribution in [1.29, 1.82) is 5.26 Å². The first-order chi connectivity index (χ1) is 16.8. The number of benzene rings is 2. The summed E-state index contributed by atoms with van der Waals surface area (Å²) >= 11 is 0. The van der Waals surface area contributed by atoms with E-state index >= 15 is 0 Å². The lowest BCUT2D eigenvalue weighted by atomic mass is 9.92. The zero-order chi connectivity index (χ0) is 26.8. The molecule has 10 heteroatoms. The number of hydrogen-bond acceptors (Lipinski definition) is 5. The van der Waals surface area contributed by atoms with E-state index in [-0.39, 0.29) is 11.4 Å². The molecule has 0 saturated heterocycles. The summed E-state index contributed by atoms with van der Waals surface area (Å²) in [7, 11) is 0. The molecule has 0 spiro atoms. The Kier molecular flexibility index (Phi) is 7.46. The van der Waals surface area contributed by atoms with Crippen molar-refractivity contribution in [2.75, 3.05) is 18.1 Å². The van der Waals surface area contributed by atoms with E-state index in [1.807, 2.05) is 6.07 Å². The second-order valence-corrected chi connectivity index (χ2v) is 9.29. The van der Waals surface area contributed by atoms with Crippen LogP contribution in [0.5, 0.6) is 0 Å². The highest BCUT2D eigenvalue weighted by molar-refractivity contribution is 5.98. The number of allylic oxidation sites excluding steroid dienone is 1. The Hall–Kier alpha value is -3.84. The largest absolute Gasteiger partial charge is 0.459 e. The molecule has 1 aliphatic rings. The van der Waals surface area contributed by atoms with Crippen LogP contribution < -0.4 is 4.90 Å². The number of nitrogens with zero attached hydrogens (tertiary/aromatic N) is 3. The number of hydrogen-bond donors (Lipinski definition) is 1. The van der Waals surface area contributed by atoms with Gasteiger partial charge in [-0.2, -0.15) is 18.4 Å². The Labute approximate surface area is 207 Å². The SMILES string of the molecule is CC1=C(CO)C(c2ccc(C#N)cc2)N(CC(=O)OC(C)(C)C)C(=O)N1c1cccc(C(F)(F)F)c1. The molecule has 2 aromatic rings. The standard InChI is InChI=1S/C26H26F3N3O4/c1-16-21(15-33)23(18-10-8-17(13-30)9-11-18)31(14-22(34)36-25(2,3)4)24(35)32(16)20-7-5-6-19(12-20)26(27,28)29/h5-12,23,33H,14-15H2,1-4H3. The minimum atomic E-state index is -4.63. The maximum atomic E-state index is 13.8. The molecule has 0 saturated carbocycles. The van der Waals surface area contributed by atoms with Gasteiger partial charge in [-0.15, -0.1) is 0 Å². The van der Waals surface area contributed by atoms with Gasteiger partial charge < -0.3 is 14.7 Å². The minimum Gasteiger partial charge on any atom is -0.459 e. The molecule has 0 aliphatic carbocycles. The lowest BCUT2D eigenvalue weighted by Gasteiger charge is -2.43. The van der Waals surface area contributed by atoms with Crippen molar-refractivity contribution < 1.29 is 32.6 Å². The number of urea groups is 1. The number of carbonyl (C=O) groups excluding carboxylic acids is 2. The first kappa shape index (κ1) is 26.8. The van der Waals surface area contributed by atoms with Gasteiger partial charge in [-0.25, -0.2) is 4.79 Å². The van der Waals surface area contributed by atoms with E-state index in [9.17, 15) is 27.9 Å². The number of esters is 1. The van der Waals surface area contributed by atoms with E-state index in [0.29, 0.717) is 16.7 Å². The molecule has 1 heterocycles. The second-order valence-electron chi connectivity index (χ2n) is 9.29. The number of aliphatic hydroxyl groups excluding tert-OH is 1. The van der Waals surface area contributed by atoms with Gasteiger partial charge in [0.2, 0.25) is 0 Å². The Bertz CT molecular complexity index is 1220. The van der Waals surface area contributed by atoms with Crippen LogP contribution in [0.2, 0.25) is 0 Å². The third-order valence-electron chi connectivity index (χ3n) is 5.56. The van der Waals surface area contributed by atoms with E-state index in [0.717, 1.165) is 21.9 Å². The van der Waals surface area contributed by atoms with Gasteiger partial charge in [0.1, 0.15) is 12.1 Å². The minimum absolute atomic E-state index is 0.0641.